The molecule has 2 unspecified atom stereocenters. The van der Waals surface area contributed by atoms with Crippen LogP contribution in [0.1, 0.15) is 26.2 Å². The SMILES string of the molecule is CC(CC(=O)O)N(C)C1CCCN(C)C1. The van der Waals surface area contributed by atoms with E-state index in [9.17, 15) is 4.79 Å². The van der Waals surface area contributed by atoms with Crippen LogP contribution >= 0.6 is 0 Å². The van der Waals surface area contributed by atoms with Gasteiger partial charge in [0, 0.05) is 18.6 Å². The molecule has 0 aliphatic carbocycles. The van der Waals surface area contributed by atoms with Crippen molar-refractivity contribution in [1.29, 1.82) is 0 Å². The van der Waals surface area contributed by atoms with Crippen molar-refractivity contribution in [2.24, 2.45) is 0 Å². The molecule has 1 aliphatic rings. The zero-order chi connectivity index (χ0) is 11.4. The molecule has 1 heterocycles. The number of carbonyl (C=O) groups is 1. The third-order valence-corrected chi connectivity index (χ3v) is 3.34. The van der Waals surface area contributed by atoms with Crippen molar-refractivity contribution in [1.82, 2.24) is 9.80 Å². The van der Waals surface area contributed by atoms with E-state index in [0.29, 0.717) is 6.04 Å². The van der Waals surface area contributed by atoms with Gasteiger partial charge in [-0.05, 0) is 40.4 Å². The number of carboxylic acid groups (broad SMARTS) is 1. The Kier molecular flexibility index (Phi) is 4.54. The number of aliphatic carboxylic acids is 1. The van der Waals surface area contributed by atoms with Crippen molar-refractivity contribution in [3.8, 4) is 0 Å². The molecule has 0 aromatic carbocycles. The van der Waals surface area contributed by atoms with Crippen molar-refractivity contribution < 1.29 is 9.90 Å². The average Bonchev–Trinajstić information content (AvgIpc) is 2.15. The van der Waals surface area contributed by atoms with E-state index in [4.69, 9.17) is 5.11 Å². The summed E-state index contributed by atoms with van der Waals surface area (Å²) in [6.45, 7) is 4.21. The molecule has 1 aliphatic heterocycles. The molecule has 0 aromatic rings. The fraction of sp³-hybridized carbons (Fsp3) is 0.909. The van der Waals surface area contributed by atoms with Gasteiger partial charge in [0.05, 0.1) is 6.42 Å². The van der Waals surface area contributed by atoms with Crippen molar-refractivity contribution in [3.05, 3.63) is 0 Å². The van der Waals surface area contributed by atoms with Crippen molar-refractivity contribution >= 4 is 5.97 Å². The Labute approximate surface area is 91.9 Å². The van der Waals surface area contributed by atoms with Crippen LogP contribution in [0.2, 0.25) is 0 Å². The predicted molar refractivity (Wildman–Crippen MR) is 60.0 cm³/mol. The molecule has 15 heavy (non-hydrogen) atoms. The van der Waals surface area contributed by atoms with Crippen molar-refractivity contribution in [2.75, 3.05) is 27.2 Å². The lowest BCUT2D eigenvalue weighted by Gasteiger charge is -2.38. The summed E-state index contributed by atoms with van der Waals surface area (Å²) in [5.41, 5.74) is 0. The van der Waals surface area contributed by atoms with Gasteiger partial charge in [0.2, 0.25) is 0 Å². The average molecular weight is 214 g/mol. The summed E-state index contributed by atoms with van der Waals surface area (Å²) in [4.78, 5) is 15.2. The third kappa shape index (κ3) is 3.80. The van der Waals surface area contributed by atoms with Gasteiger partial charge in [0.1, 0.15) is 0 Å². The zero-order valence-corrected chi connectivity index (χ0v) is 9.94. The molecule has 1 saturated heterocycles. The lowest BCUT2D eigenvalue weighted by atomic mass is 10.0. The molecule has 0 radical (unpaired) electrons. The summed E-state index contributed by atoms with van der Waals surface area (Å²) in [5.74, 6) is -0.710. The summed E-state index contributed by atoms with van der Waals surface area (Å²) in [6, 6.07) is 0.636. The predicted octanol–water partition coefficient (Wildman–Crippen LogP) is 0.876. The maximum atomic E-state index is 10.6. The molecular weight excluding hydrogens is 192 g/mol. The maximum Gasteiger partial charge on any atom is 0.304 e. The van der Waals surface area contributed by atoms with E-state index in [2.05, 4.69) is 16.8 Å². The maximum absolute atomic E-state index is 10.6. The van der Waals surface area contributed by atoms with Crippen LogP contribution in [-0.4, -0.2) is 60.1 Å². The Morgan fingerprint density at radius 2 is 2.33 bits per heavy atom. The van der Waals surface area contributed by atoms with E-state index in [1.54, 1.807) is 0 Å². The highest BCUT2D eigenvalue weighted by atomic mass is 16.4. The van der Waals surface area contributed by atoms with Crippen LogP contribution in [0.4, 0.5) is 0 Å². The number of likely N-dealkylation sites (tertiary alicyclic amines) is 1. The van der Waals surface area contributed by atoms with Crippen LogP contribution in [0, 0.1) is 0 Å². The molecule has 0 bridgehead atoms. The summed E-state index contributed by atoms with van der Waals surface area (Å²) >= 11 is 0. The van der Waals surface area contributed by atoms with Gasteiger partial charge in [-0.1, -0.05) is 0 Å². The van der Waals surface area contributed by atoms with E-state index in [0.717, 1.165) is 13.1 Å². The van der Waals surface area contributed by atoms with Gasteiger partial charge in [-0.3, -0.25) is 9.69 Å². The van der Waals surface area contributed by atoms with Crippen LogP contribution in [0.3, 0.4) is 0 Å². The fourth-order valence-corrected chi connectivity index (χ4v) is 2.23. The van der Waals surface area contributed by atoms with Crippen LogP contribution in [0.25, 0.3) is 0 Å². The molecule has 0 saturated carbocycles. The fourth-order valence-electron chi connectivity index (χ4n) is 2.23. The van der Waals surface area contributed by atoms with Gasteiger partial charge in [0.15, 0.2) is 0 Å². The van der Waals surface area contributed by atoms with E-state index in [1.165, 1.54) is 12.8 Å². The van der Waals surface area contributed by atoms with Gasteiger partial charge >= 0.3 is 5.97 Å². The Morgan fingerprint density at radius 3 is 2.87 bits per heavy atom. The minimum atomic E-state index is -0.710. The molecule has 1 fully saturated rings. The van der Waals surface area contributed by atoms with Crippen LogP contribution < -0.4 is 0 Å². The summed E-state index contributed by atoms with van der Waals surface area (Å²) in [5, 5.41) is 8.75. The smallest absolute Gasteiger partial charge is 0.304 e. The van der Waals surface area contributed by atoms with E-state index in [-0.39, 0.29) is 12.5 Å². The van der Waals surface area contributed by atoms with Crippen LogP contribution in [-0.2, 0) is 4.79 Å². The molecular formula is C11H22N2O2. The second-order valence-electron chi connectivity index (χ2n) is 4.67. The first-order valence-corrected chi connectivity index (χ1v) is 5.63. The minimum Gasteiger partial charge on any atom is -0.481 e. The summed E-state index contributed by atoms with van der Waals surface area (Å²) in [7, 11) is 4.17. The van der Waals surface area contributed by atoms with Gasteiger partial charge < -0.3 is 10.0 Å². The first-order valence-electron chi connectivity index (χ1n) is 5.63. The normalized spacial score (nSPS) is 25.5. The Bertz CT molecular complexity index is 221. The number of hydrogen-bond acceptors (Lipinski definition) is 3. The first-order chi connectivity index (χ1) is 7.00. The highest BCUT2D eigenvalue weighted by Crippen LogP contribution is 2.16. The number of piperidine rings is 1. The number of hydrogen-bond donors (Lipinski definition) is 1. The molecule has 0 spiro atoms. The number of nitrogens with zero attached hydrogens (tertiary/aromatic N) is 2. The molecule has 0 aromatic heterocycles. The zero-order valence-electron chi connectivity index (χ0n) is 9.94. The monoisotopic (exact) mass is 214 g/mol. The van der Waals surface area contributed by atoms with Gasteiger partial charge in [-0.15, -0.1) is 0 Å². The second kappa shape index (κ2) is 5.47. The topological polar surface area (TPSA) is 43.8 Å². The molecule has 0 amide bonds. The Hall–Kier alpha value is -0.610. The van der Waals surface area contributed by atoms with E-state index < -0.39 is 5.97 Å². The summed E-state index contributed by atoms with van der Waals surface area (Å²) < 4.78 is 0. The molecule has 1 N–H and O–H groups in total. The molecule has 1 rings (SSSR count). The van der Waals surface area contributed by atoms with Crippen molar-refractivity contribution in [2.45, 2.75) is 38.3 Å². The third-order valence-electron chi connectivity index (χ3n) is 3.34. The summed E-state index contributed by atoms with van der Waals surface area (Å²) in [6.07, 6.45) is 2.63. The first kappa shape index (κ1) is 12.5. The van der Waals surface area contributed by atoms with E-state index >= 15 is 0 Å². The number of rotatable bonds is 4. The lowest BCUT2D eigenvalue weighted by Crippen LogP contribution is -2.48. The quantitative estimate of drug-likeness (QED) is 0.754. The Morgan fingerprint density at radius 1 is 1.67 bits per heavy atom. The largest absolute Gasteiger partial charge is 0.481 e. The van der Waals surface area contributed by atoms with E-state index in [1.807, 2.05) is 14.0 Å². The van der Waals surface area contributed by atoms with Gasteiger partial charge in [0.25, 0.3) is 0 Å². The molecule has 4 heteroatoms. The standard InChI is InChI=1S/C11H22N2O2/c1-9(7-11(14)15)13(3)10-5-4-6-12(2)8-10/h9-10H,4-8H2,1-3H3,(H,14,15). The Balaban J connectivity index is 2.43. The lowest BCUT2D eigenvalue weighted by molar-refractivity contribution is -0.138. The molecule has 88 valence electrons. The van der Waals surface area contributed by atoms with Crippen LogP contribution in [0.5, 0.6) is 0 Å². The highest BCUT2D eigenvalue weighted by Gasteiger charge is 2.25. The number of carboxylic acids is 1. The highest BCUT2D eigenvalue weighted by molar-refractivity contribution is 5.67. The number of likely N-dealkylation sites (N-methyl/N-ethyl adjacent to an activating group) is 2. The van der Waals surface area contributed by atoms with Gasteiger partial charge in [-0.25, -0.2) is 0 Å². The van der Waals surface area contributed by atoms with Crippen LogP contribution in [0.15, 0.2) is 0 Å². The molecule has 2 atom stereocenters. The minimum absolute atomic E-state index is 0.124. The van der Waals surface area contributed by atoms with Gasteiger partial charge in [-0.2, -0.15) is 0 Å². The molecule has 4 nitrogen and oxygen atoms in total. The second-order valence-corrected chi connectivity index (χ2v) is 4.67. The van der Waals surface area contributed by atoms with Crippen molar-refractivity contribution in [3.63, 3.8) is 0 Å².